The van der Waals surface area contributed by atoms with E-state index in [4.69, 9.17) is 44.5 Å². The van der Waals surface area contributed by atoms with Gasteiger partial charge in [-0.1, -0.05) is 46.9 Å². The third-order valence-electron chi connectivity index (χ3n) is 5.18. The molecule has 0 saturated carbocycles. The summed E-state index contributed by atoms with van der Waals surface area (Å²) in [7, 11) is 0. The third-order valence-corrected chi connectivity index (χ3v) is 5.98. The van der Waals surface area contributed by atoms with Crippen LogP contribution >= 0.6 is 34.8 Å². The van der Waals surface area contributed by atoms with Crippen molar-refractivity contribution in [2.75, 3.05) is 0 Å². The summed E-state index contributed by atoms with van der Waals surface area (Å²) in [5.74, 6) is 0.375. The first kappa shape index (κ1) is 21.9. The van der Waals surface area contributed by atoms with Gasteiger partial charge in [-0.3, -0.25) is 4.79 Å². The van der Waals surface area contributed by atoms with Crippen LogP contribution in [0.3, 0.4) is 0 Å². The highest BCUT2D eigenvalue weighted by Crippen LogP contribution is 2.44. The van der Waals surface area contributed by atoms with Crippen molar-refractivity contribution in [3.8, 4) is 28.3 Å². The first-order valence-corrected chi connectivity index (χ1v) is 11.0. The maximum absolute atomic E-state index is 11.9. The van der Waals surface area contributed by atoms with Crippen molar-refractivity contribution in [3.05, 3.63) is 69.2 Å². The molecule has 0 aliphatic carbocycles. The van der Waals surface area contributed by atoms with E-state index in [9.17, 15) is 4.79 Å². The molecule has 1 aromatic heterocycles. The lowest BCUT2D eigenvalue weighted by Crippen LogP contribution is -2.41. The van der Waals surface area contributed by atoms with Crippen LogP contribution in [0.4, 0.5) is 0 Å². The van der Waals surface area contributed by atoms with E-state index in [-0.39, 0.29) is 11.9 Å². The first-order chi connectivity index (χ1) is 14.6. The minimum absolute atomic E-state index is 0.105. The molecule has 1 aliphatic rings. The van der Waals surface area contributed by atoms with Gasteiger partial charge in [0.2, 0.25) is 11.8 Å². The molecular weight excluding hydrogens is 455 g/mol. The van der Waals surface area contributed by atoms with E-state index in [1.54, 1.807) is 12.1 Å². The van der Waals surface area contributed by atoms with Crippen molar-refractivity contribution in [2.45, 2.75) is 38.8 Å². The van der Waals surface area contributed by atoms with Crippen LogP contribution < -0.4 is 10.1 Å². The van der Waals surface area contributed by atoms with Gasteiger partial charge < -0.3 is 10.1 Å². The normalized spacial score (nSPS) is 16.9. The summed E-state index contributed by atoms with van der Waals surface area (Å²) in [5.41, 5.74) is 3.53. The van der Waals surface area contributed by atoms with Crippen molar-refractivity contribution >= 4 is 40.7 Å². The third kappa shape index (κ3) is 4.67. The molecule has 0 radical (unpaired) electrons. The van der Waals surface area contributed by atoms with Gasteiger partial charge in [0.15, 0.2) is 0 Å². The van der Waals surface area contributed by atoms with Gasteiger partial charge in [-0.15, -0.1) is 0 Å². The maximum Gasteiger partial charge on any atom is 0.219 e. The molecule has 3 aromatic rings. The van der Waals surface area contributed by atoms with Crippen LogP contribution in [0.15, 0.2) is 48.5 Å². The molecule has 0 fully saturated rings. The summed E-state index contributed by atoms with van der Waals surface area (Å²) in [6.45, 7) is 5.47. The molecule has 7 heteroatoms. The molecule has 1 amide bonds. The zero-order valence-electron chi connectivity index (χ0n) is 17.3. The van der Waals surface area contributed by atoms with E-state index in [0.29, 0.717) is 33.1 Å². The monoisotopic (exact) mass is 474 g/mol. The molecule has 0 spiro atoms. The summed E-state index contributed by atoms with van der Waals surface area (Å²) >= 11 is 18.8. The summed E-state index contributed by atoms with van der Waals surface area (Å²) in [6.07, 6.45) is 0.627. The fraction of sp³-hybridized carbons (Fsp3) is 0.250. The number of halogens is 3. The number of pyridine rings is 1. The summed E-state index contributed by atoms with van der Waals surface area (Å²) < 4.78 is 6.21. The summed E-state index contributed by atoms with van der Waals surface area (Å²) in [6, 6.07) is 14.6. The SMILES string of the molecule is CC(=O)N[C@H]1CC(C)(C)Oc2nc(-c3ccc(Cl)cc3Cl)c(-c3ccc(Cl)cc3)cc21. The zero-order valence-corrected chi connectivity index (χ0v) is 19.6. The molecular formula is C24H21Cl3N2O2. The van der Waals surface area contributed by atoms with Crippen molar-refractivity contribution in [1.82, 2.24) is 10.3 Å². The molecule has 1 N–H and O–H groups in total. The molecule has 0 bridgehead atoms. The summed E-state index contributed by atoms with van der Waals surface area (Å²) in [4.78, 5) is 16.8. The van der Waals surface area contributed by atoms with Crippen molar-refractivity contribution in [2.24, 2.45) is 0 Å². The number of hydrogen-bond donors (Lipinski definition) is 1. The van der Waals surface area contributed by atoms with E-state index < -0.39 is 5.60 Å². The Hall–Kier alpha value is -2.27. The number of fused-ring (bicyclic) bond motifs is 1. The first-order valence-electron chi connectivity index (χ1n) is 9.85. The fourth-order valence-electron chi connectivity index (χ4n) is 3.86. The van der Waals surface area contributed by atoms with Crippen molar-refractivity contribution in [3.63, 3.8) is 0 Å². The molecule has 4 rings (SSSR count). The predicted molar refractivity (Wildman–Crippen MR) is 126 cm³/mol. The second kappa shape index (κ2) is 8.34. The number of rotatable bonds is 3. The molecule has 0 unspecified atom stereocenters. The number of benzene rings is 2. The van der Waals surface area contributed by atoms with Crippen LogP contribution in [-0.4, -0.2) is 16.5 Å². The summed E-state index contributed by atoms with van der Waals surface area (Å²) in [5, 5.41) is 4.71. The molecule has 160 valence electrons. The van der Waals surface area contributed by atoms with Gasteiger partial charge in [-0.2, -0.15) is 0 Å². The Morgan fingerprint density at radius 2 is 1.71 bits per heavy atom. The highest BCUT2D eigenvalue weighted by molar-refractivity contribution is 6.36. The van der Waals surface area contributed by atoms with E-state index in [2.05, 4.69) is 5.32 Å². The molecule has 1 atom stereocenters. The Morgan fingerprint density at radius 1 is 1.03 bits per heavy atom. The lowest BCUT2D eigenvalue weighted by atomic mass is 9.88. The largest absolute Gasteiger partial charge is 0.471 e. The highest BCUT2D eigenvalue weighted by Gasteiger charge is 2.36. The van der Waals surface area contributed by atoms with E-state index in [1.165, 1.54) is 6.92 Å². The zero-order chi connectivity index (χ0) is 22.3. The number of carbonyl (C=O) groups is 1. The second-order valence-corrected chi connectivity index (χ2v) is 9.51. The maximum atomic E-state index is 11.9. The number of nitrogens with one attached hydrogen (secondary N) is 1. The Balaban J connectivity index is 1.97. The van der Waals surface area contributed by atoms with Crippen LogP contribution in [-0.2, 0) is 4.79 Å². The molecule has 0 saturated heterocycles. The van der Waals surface area contributed by atoms with Crippen molar-refractivity contribution < 1.29 is 9.53 Å². The van der Waals surface area contributed by atoms with Gasteiger partial charge in [-0.25, -0.2) is 4.98 Å². The Bertz CT molecular complexity index is 1160. The molecule has 4 nitrogen and oxygen atoms in total. The van der Waals surface area contributed by atoms with Crippen LogP contribution in [0.25, 0.3) is 22.4 Å². The molecule has 1 aliphatic heterocycles. The van der Waals surface area contributed by atoms with Gasteiger partial charge in [0.1, 0.15) is 5.60 Å². The number of ether oxygens (including phenoxy) is 1. The van der Waals surface area contributed by atoms with Gasteiger partial charge in [0, 0.05) is 40.1 Å². The van der Waals surface area contributed by atoms with Crippen LogP contribution in [0, 0.1) is 0 Å². The van der Waals surface area contributed by atoms with Crippen LogP contribution in [0.5, 0.6) is 5.88 Å². The van der Waals surface area contributed by atoms with E-state index in [0.717, 1.165) is 22.3 Å². The topological polar surface area (TPSA) is 51.2 Å². The molecule has 2 aromatic carbocycles. The van der Waals surface area contributed by atoms with Gasteiger partial charge in [0.25, 0.3) is 0 Å². The highest BCUT2D eigenvalue weighted by atomic mass is 35.5. The number of nitrogens with zero attached hydrogens (tertiary/aromatic N) is 1. The molecule has 31 heavy (non-hydrogen) atoms. The predicted octanol–water partition coefficient (Wildman–Crippen LogP) is 7.11. The lowest BCUT2D eigenvalue weighted by molar-refractivity contribution is -0.120. The van der Waals surface area contributed by atoms with E-state index in [1.807, 2.05) is 50.2 Å². The van der Waals surface area contributed by atoms with Gasteiger partial charge in [0.05, 0.1) is 16.8 Å². The number of hydrogen-bond acceptors (Lipinski definition) is 3. The Morgan fingerprint density at radius 3 is 2.35 bits per heavy atom. The van der Waals surface area contributed by atoms with Gasteiger partial charge in [-0.05, 0) is 55.8 Å². The number of aromatic nitrogens is 1. The second-order valence-electron chi connectivity index (χ2n) is 8.23. The van der Waals surface area contributed by atoms with Gasteiger partial charge >= 0.3 is 0 Å². The quantitative estimate of drug-likeness (QED) is 0.439. The lowest BCUT2D eigenvalue weighted by Gasteiger charge is -2.37. The fourth-order valence-corrected chi connectivity index (χ4v) is 4.48. The van der Waals surface area contributed by atoms with E-state index >= 15 is 0 Å². The van der Waals surface area contributed by atoms with Crippen molar-refractivity contribution in [1.29, 1.82) is 0 Å². The number of carbonyl (C=O) groups excluding carboxylic acids is 1. The smallest absolute Gasteiger partial charge is 0.219 e. The Kier molecular flexibility index (Phi) is 5.91. The van der Waals surface area contributed by atoms with Crippen LogP contribution in [0.2, 0.25) is 15.1 Å². The number of amides is 1. The standard InChI is InChI=1S/C24H21Cl3N2O2/c1-13(30)28-21-12-24(2,3)31-23-19(21)11-18(14-4-6-15(25)7-5-14)22(29-23)17-9-8-16(26)10-20(17)27/h4-11,21H,12H2,1-3H3,(H,28,30)/t21-/m0/s1. The average molecular weight is 476 g/mol. The molecule has 2 heterocycles. The minimum atomic E-state index is -0.490. The average Bonchev–Trinajstić information content (AvgIpc) is 2.67. The van der Waals surface area contributed by atoms with Crippen LogP contribution in [0.1, 0.15) is 38.8 Å². The Labute approximate surface area is 196 Å². The minimum Gasteiger partial charge on any atom is -0.471 e.